The van der Waals surface area contributed by atoms with E-state index in [-0.39, 0.29) is 0 Å². The van der Waals surface area contributed by atoms with Crippen LogP contribution in [0.15, 0.2) is 0 Å². The second-order valence-electron chi connectivity index (χ2n) is 6.21. The summed E-state index contributed by atoms with van der Waals surface area (Å²) in [6.07, 6.45) is 8.33. The minimum absolute atomic E-state index is 0.622. The average molecular weight is 284 g/mol. The molecule has 0 aromatic rings. The molecule has 0 spiro atoms. The fourth-order valence-corrected chi connectivity index (χ4v) is 3.75. The SMILES string of the molecule is CCN(CC)CCCN(CC)C(CN)C1CCCCC1. The molecule has 20 heavy (non-hydrogen) atoms. The molecule has 1 rings (SSSR count). The molecule has 0 aliphatic heterocycles. The molecule has 3 heteroatoms. The van der Waals surface area contributed by atoms with Crippen molar-refractivity contribution in [3.05, 3.63) is 0 Å². The molecule has 0 radical (unpaired) electrons. The van der Waals surface area contributed by atoms with E-state index < -0.39 is 0 Å². The summed E-state index contributed by atoms with van der Waals surface area (Å²) < 4.78 is 0. The topological polar surface area (TPSA) is 32.5 Å². The van der Waals surface area contributed by atoms with Crippen molar-refractivity contribution in [3.8, 4) is 0 Å². The molecule has 1 atom stereocenters. The first-order chi connectivity index (χ1) is 9.76. The zero-order valence-electron chi connectivity index (χ0n) is 14.1. The molecule has 0 aromatic heterocycles. The smallest absolute Gasteiger partial charge is 0.0246 e. The van der Waals surface area contributed by atoms with Gasteiger partial charge in [0, 0.05) is 12.6 Å². The van der Waals surface area contributed by atoms with E-state index in [1.165, 1.54) is 64.7 Å². The average Bonchev–Trinajstić information content (AvgIpc) is 2.51. The van der Waals surface area contributed by atoms with Gasteiger partial charge in [-0.2, -0.15) is 0 Å². The fraction of sp³-hybridized carbons (Fsp3) is 1.00. The number of hydrogen-bond donors (Lipinski definition) is 1. The minimum Gasteiger partial charge on any atom is -0.329 e. The summed E-state index contributed by atoms with van der Waals surface area (Å²) in [6.45, 7) is 13.6. The Balaban J connectivity index is 2.41. The van der Waals surface area contributed by atoms with Crippen molar-refractivity contribution in [2.24, 2.45) is 11.7 Å². The van der Waals surface area contributed by atoms with Gasteiger partial charge in [0.15, 0.2) is 0 Å². The van der Waals surface area contributed by atoms with E-state index in [1.807, 2.05) is 0 Å². The Morgan fingerprint density at radius 1 is 0.950 bits per heavy atom. The summed E-state index contributed by atoms with van der Waals surface area (Å²) in [5.41, 5.74) is 6.11. The first-order valence-electron chi connectivity index (χ1n) is 8.93. The maximum absolute atomic E-state index is 6.11. The standard InChI is InChI=1S/C17H37N3/c1-4-19(5-2)13-10-14-20(6-3)17(15-18)16-11-8-7-9-12-16/h16-17H,4-15,18H2,1-3H3. The van der Waals surface area contributed by atoms with Crippen molar-refractivity contribution in [2.45, 2.75) is 65.3 Å². The third-order valence-electron chi connectivity index (χ3n) is 5.12. The highest BCUT2D eigenvalue weighted by Gasteiger charge is 2.26. The number of rotatable bonds is 10. The van der Waals surface area contributed by atoms with E-state index >= 15 is 0 Å². The third kappa shape index (κ3) is 5.71. The Morgan fingerprint density at radius 3 is 2.10 bits per heavy atom. The van der Waals surface area contributed by atoms with Gasteiger partial charge in [-0.25, -0.2) is 0 Å². The van der Waals surface area contributed by atoms with E-state index in [0.717, 1.165) is 19.0 Å². The highest BCUT2D eigenvalue weighted by molar-refractivity contribution is 4.82. The van der Waals surface area contributed by atoms with E-state index in [2.05, 4.69) is 30.6 Å². The van der Waals surface area contributed by atoms with Crippen molar-refractivity contribution in [2.75, 3.05) is 39.3 Å². The second kappa shape index (κ2) is 10.6. The Morgan fingerprint density at radius 2 is 1.60 bits per heavy atom. The van der Waals surface area contributed by atoms with Crippen LogP contribution in [0.1, 0.15) is 59.3 Å². The van der Waals surface area contributed by atoms with Gasteiger partial charge in [-0.1, -0.05) is 40.0 Å². The molecule has 2 N–H and O–H groups in total. The fourth-order valence-electron chi connectivity index (χ4n) is 3.75. The highest BCUT2D eigenvalue weighted by Crippen LogP contribution is 2.28. The number of nitrogens with two attached hydrogens (primary N) is 1. The van der Waals surface area contributed by atoms with Crippen molar-refractivity contribution in [1.82, 2.24) is 9.80 Å². The van der Waals surface area contributed by atoms with Gasteiger partial charge in [0.1, 0.15) is 0 Å². The highest BCUT2D eigenvalue weighted by atomic mass is 15.2. The third-order valence-corrected chi connectivity index (χ3v) is 5.12. The summed E-state index contributed by atoms with van der Waals surface area (Å²) in [7, 11) is 0. The van der Waals surface area contributed by atoms with Gasteiger partial charge in [0.25, 0.3) is 0 Å². The van der Waals surface area contributed by atoms with E-state index in [9.17, 15) is 0 Å². The molecule has 0 saturated heterocycles. The lowest BCUT2D eigenvalue weighted by molar-refractivity contribution is 0.121. The van der Waals surface area contributed by atoms with E-state index in [1.54, 1.807) is 0 Å². The lowest BCUT2D eigenvalue weighted by Gasteiger charge is -2.38. The lowest BCUT2D eigenvalue weighted by Crippen LogP contribution is -2.47. The van der Waals surface area contributed by atoms with E-state index in [4.69, 9.17) is 5.73 Å². The quantitative estimate of drug-likeness (QED) is 0.669. The van der Waals surface area contributed by atoms with Crippen molar-refractivity contribution < 1.29 is 0 Å². The van der Waals surface area contributed by atoms with Crippen LogP contribution in [0.5, 0.6) is 0 Å². The normalized spacial score (nSPS) is 18.9. The molecule has 1 saturated carbocycles. The largest absolute Gasteiger partial charge is 0.329 e. The molecule has 1 unspecified atom stereocenters. The molecule has 1 aliphatic carbocycles. The number of likely N-dealkylation sites (N-methyl/N-ethyl adjacent to an activating group) is 1. The molecule has 0 bridgehead atoms. The number of nitrogens with zero attached hydrogens (tertiary/aromatic N) is 2. The molecule has 0 heterocycles. The molecular weight excluding hydrogens is 246 g/mol. The van der Waals surface area contributed by atoms with Gasteiger partial charge < -0.3 is 10.6 Å². The van der Waals surface area contributed by atoms with Crippen LogP contribution in [-0.2, 0) is 0 Å². The van der Waals surface area contributed by atoms with Crippen molar-refractivity contribution >= 4 is 0 Å². The maximum atomic E-state index is 6.11. The van der Waals surface area contributed by atoms with Gasteiger partial charge >= 0.3 is 0 Å². The molecule has 3 nitrogen and oxygen atoms in total. The summed E-state index contributed by atoms with van der Waals surface area (Å²) in [5.74, 6) is 0.849. The molecule has 0 aromatic carbocycles. The predicted octanol–water partition coefficient (Wildman–Crippen LogP) is 2.95. The zero-order chi connectivity index (χ0) is 14.8. The first-order valence-corrected chi connectivity index (χ1v) is 8.93. The summed E-state index contributed by atoms with van der Waals surface area (Å²) in [5, 5.41) is 0. The Hall–Kier alpha value is -0.120. The predicted molar refractivity (Wildman–Crippen MR) is 89.1 cm³/mol. The van der Waals surface area contributed by atoms with Crippen LogP contribution >= 0.6 is 0 Å². The molecule has 1 fully saturated rings. The van der Waals surface area contributed by atoms with Gasteiger partial charge in [-0.15, -0.1) is 0 Å². The van der Waals surface area contributed by atoms with Gasteiger partial charge in [0.05, 0.1) is 0 Å². The summed E-state index contributed by atoms with van der Waals surface area (Å²) in [4.78, 5) is 5.17. The van der Waals surface area contributed by atoms with Gasteiger partial charge in [-0.05, 0) is 57.9 Å². The maximum Gasteiger partial charge on any atom is 0.0246 e. The van der Waals surface area contributed by atoms with Gasteiger partial charge in [0.2, 0.25) is 0 Å². The minimum atomic E-state index is 0.622. The lowest BCUT2D eigenvalue weighted by atomic mass is 9.83. The van der Waals surface area contributed by atoms with Crippen LogP contribution in [0.3, 0.4) is 0 Å². The molecule has 1 aliphatic rings. The van der Waals surface area contributed by atoms with Crippen LogP contribution in [-0.4, -0.2) is 55.1 Å². The number of hydrogen-bond acceptors (Lipinski definition) is 3. The van der Waals surface area contributed by atoms with Crippen LogP contribution < -0.4 is 5.73 Å². The Labute approximate surface area is 126 Å². The van der Waals surface area contributed by atoms with Crippen LogP contribution in [0.25, 0.3) is 0 Å². The molecule has 120 valence electrons. The van der Waals surface area contributed by atoms with Crippen LogP contribution in [0.2, 0.25) is 0 Å². The Kier molecular flexibility index (Phi) is 9.49. The second-order valence-corrected chi connectivity index (χ2v) is 6.21. The van der Waals surface area contributed by atoms with Crippen molar-refractivity contribution in [3.63, 3.8) is 0 Å². The zero-order valence-corrected chi connectivity index (χ0v) is 14.1. The van der Waals surface area contributed by atoms with Crippen molar-refractivity contribution in [1.29, 1.82) is 0 Å². The summed E-state index contributed by atoms with van der Waals surface area (Å²) >= 11 is 0. The Bertz CT molecular complexity index is 222. The van der Waals surface area contributed by atoms with Crippen LogP contribution in [0.4, 0.5) is 0 Å². The first kappa shape index (κ1) is 17.9. The molecular formula is C17H37N3. The van der Waals surface area contributed by atoms with Gasteiger partial charge in [-0.3, -0.25) is 4.90 Å². The molecule has 0 amide bonds. The van der Waals surface area contributed by atoms with E-state index in [0.29, 0.717) is 6.04 Å². The monoisotopic (exact) mass is 283 g/mol. The van der Waals surface area contributed by atoms with Crippen LogP contribution in [0, 0.1) is 5.92 Å². The summed E-state index contributed by atoms with van der Waals surface area (Å²) in [6, 6.07) is 0.622.